The van der Waals surface area contributed by atoms with Crippen LogP contribution in [0.2, 0.25) is 5.02 Å². The molecule has 1 aliphatic rings. The lowest BCUT2D eigenvalue weighted by molar-refractivity contribution is -0.117. The molecule has 2 N–H and O–H groups in total. The highest BCUT2D eigenvalue weighted by atomic mass is 35.5. The zero-order valence-corrected chi connectivity index (χ0v) is 13.8. The molecule has 2 heterocycles. The Kier molecular flexibility index (Phi) is 5.25. The minimum absolute atomic E-state index is 0.0963. The summed E-state index contributed by atoms with van der Waals surface area (Å²) < 4.78 is 16.0. The molecular weight excluding hydrogens is 348 g/mol. The topological polar surface area (TPSA) is 89.8 Å². The van der Waals surface area contributed by atoms with Gasteiger partial charge in [-0.25, -0.2) is 0 Å². The van der Waals surface area contributed by atoms with E-state index in [1.54, 1.807) is 24.3 Å². The van der Waals surface area contributed by atoms with Crippen molar-refractivity contribution < 1.29 is 23.5 Å². The van der Waals surface area contributed by atoms with Crippen LogP contribution in [0.3, 0.4) is 0 Å². The van der Waals surface area contributed by atoms with Gasteiger partial charge in [-0.05, 0) is 35.9 Å². The van der Waals surface area contributed by atoms with Gasteiger partial charge >= 0.3 is 5.91 Å². The van der Waals surface area contributed by atoms with E-state index in [0.717, 1.165) is 6.42 Å². The van der Waals surface area contributed by atoms with E-state index < -0.39 is 11.8 Å². The van der Waals surface area contributed by atoms with Gasteiger partial charge in [0.25, 0.3) is 5.91 Å². The van der Waals surface area contributed by atoms with Crippen LogP contribution in [-0.2, 0) is 4.79 Å². The quantitative estimate of drug-likeness (QED) is 0.647. The van der Waals surface area contributed by atoms with Crippen molar-refractivity contribution in [3.63, 3.8) is 0 Å². The number of ether oxygens (including phenoxy) is 2. The van der Waals surface area contributed by atoms with Crippen LogP contribution in [0.15, 0.2) is 41.0 Å². The molecule has 25 heavy (non-hydrogen) atoms. The van der Waals surface area contributed by atoms with Crippen molar-refractivity contribution in [2.45, 2.75) is 6.42 Å². The SMILES string of the molecule is O=C(/C=C/c1cc(Cl)c2c(c1)OCCCO2)NNC(=O)c1ccco1. The number of carbonyl (C=O) groups is 2. The second kappa shape index (κ2) is 7.76. The average Bonchev–Trinajstić information content (AvgIpc) is 3.04. The standard InChI is InChI=1S/C17H15ClN2O5/c18-12-9-11(10-14-16(12)25-8-2-7-24-14)4-5-15(21)19-20-17(22)13-3-1-6-23-13/h1,3-6,9-10H,2,7-8H2,(H,19,21)(H,20,22)/b5-4+. The first kappa shape index (κ1) is 16.9. The fraction of sp³-hybridized carbons (Fsp3) is 0.176. The van der Waals surface area contributed by atoms with E-state index in [0.29, 0.717) is 35.3 Å². The number of carbonyl (C=O) groups excluding carboxylic acids is 2. The summed E-state index contributed by atoms with van der Waals surface area (Å²) in [4.78, 5) is 23.4. The highest BCUT2D eigenvalue weighted by molar-refractivity contribution is 6.32. The number of hydrogen-bond acceptors (Lipinski definition) is 5. The number of halogens is 1. The van der Waals surface area contributed by atoms with Gasteiger partial charge in [-0.3, -0.25) is 20.4 Å². The number of nitrogens with one attached hydrogen (secondary N) is 2. The van der Waals surface area contributed by atoms with Crippen LogP contribution in [0.4, 0.5) is 0 Å². The normalized spacial score (nSPS) is 13.3. The maximum Gasteiger partial charge on any atom is 0.305 e. The third-order valence-corrected chi connectivity index (χ3v) is 3.58. The number of amides is 2. The lowest BCUT2D eigenvalue weighted by Crippen LogP contribution is -2.40. The summed E-state index contributed by atoms with van der Waals surface area (Å²) in [5.74, 6) is 0.0788. The van der Waals surface area contributed by atoms with Crippen LogP contribution in [0.1, 0.15) is 22.5 Å². The monoisotopic (exact) mass is 362 g/mol. The number of fused-ring (bicyclic) bond motifs is 1. The Bertz CT molecular complexity index is 802. The lowest BCUT2D eigenvalue weighted by atomic mass is 10.2. The number of rotatable bonds is 3. The minimum atomic E-state index is -0.551. The Balaban J connectivity index is 1.61. The van der Waals surface area contributed by atoms with Crippen molar-refractivity contribution in [3.05, 3.63) is 53.0 Å². The molecule has 0 spiro atoms. The molecule has 0 saturated heterocycles. The van der Waals surface area contributed by atoms with Crippen molar-refractivity contribution in [2.24, 2.45) is 0 Å². The first-order valence-corrected chi connectivity index (χ1v) is 7.92. The van der Waals surface area contributed by atoms with Crippen LogP contribution in [0.5, 0.6) is 11.5 Å². The molecule has 2 amide bonds. The fourth-order valence-electron chi connectivity index (χ4n) is 2.15. The zero-order valence-electron chi connectivity index (χ0n) is 13.1. The van der Waals surface area contributed by atoms with Gasteiger partial charge in [-0.1, -0.05) is 11.6 Å². The zero-order chi connectivity index (χ0) is 17.6. The number of benzene rings is 1. The van der Waals surface area contributed by atoms with Gasteiger partial charge in [0.2, 0.25) is 0 Å². The van der Waals surface area contributed by atoms with E-state index in [1.807, 2.05) is 0 Å². The third kappa shape index (κ3) is 4.33. The van der Waals surface area contributed by atoms with Crippen molar-refractivity contribution in [2.75, 3.05) is 13.2 Å². The number of hydrazine groups is 1. The molecule has 1 aromatic carbocycles. The molecule has 0 atom stereocenters. The Labute approximate surface area is 148 Å². The van der Waals surface area contributed by atoms with Crippen LogP contribution in [0.25, 0.3) is 6.08 Å². The highest BCUT2D eigenvalue weighted by Gasteiger charge is 2.15. The molecule has 0 saturated carbocycles. The number of hydrogen-bond donors (Lipinski definition) is 2. The molecular formula is C17H15ClN2O5. The predicted molar refractivity (Wildman–Crippen MR) is 90.4 cm³/mol. The Morgan fingerprint density at radius 1 is 1.16 bits per heavy atom. The van der Waals surface area contributed by atoms with Gasteiger partial charge in [0.15, 0.2) is 17.3 Å². The first-order chi connectivity index (χ1) is 12.1. The molecule has 1 aliphatic heterocycles. The molecule has 0 aliphatic carbocycles. The van der Waals surface area contributed by atoms with E-state index in [4.69, 9.17) is 25.5 Å². The van der Waals surface area contributed by atoms with Gasteiger partial charge in [0.05, 0.1) is 24.5 Å². The van der Waals surface area contributed by atoms with Crippen molar-refractivity contribution >= 4 is 29.5 Å². The predicted octanol–water partition coefficient (Wildman–Crippen LogP) is 2.57. The Hall–Kier alpha value is -2.93. The smallest absolute Gasteiger partial charge is 0.305 e. The van der Waals surface area contributed by atoms with E-state index in [-0.39, 0.29) is 5.76 Å². The summed E-state index contributed by atoms with van der Waals surface area (Å²) in [6, 6.07) is 6.46. The van der Waals surface area contributed by atoms with Crippen LogP contribution >= 0.6 is 11.6 Å². The molecule has 7 nitrogen and oxygen atoms in total. The summed E-state index contributed by atoms with van der Waals surface area (Å²) in [5.41, 5.74) is 5.16. The van der Waals surface area contributed by atoms with Gasteiger partial charge in [-0.2, -0.15) is 0 Å². The van der Waals surface area contributed by atoms with Crippen molar-refractivity contribution in [1.29, 1.82) is 0 Å². The van der Waals surface area contributed by atoms with E-state index >= 15 is 0 Å². The largest absolute Gasteiger partial charge is 0.489 e. The average molecular weight is 363 g/mol. The maximum absolute atomic E-state index is 11.8. The number of furan rings is 1. The molecule has 3 rings (SSSR count). The molecule has 0 unspecified atom stereocenters. The minimum Gasteiger partial charge on any atom is -0.489 e. The fourth-order valence-corrected chi connectivity index (χ4v) is 2.42. The molecule has 130 valence electrons. The van der Waals surface area contributed by atoms with Gasteiger partial charge in [0, 0.05) is 12.5 Å². The molecule has 0 radical (unpaired) electrons. The molecule has 1 aromatic heterocycles. The second-order valence-electron chi connectivity index (χ2n) is 5.13. The Morgan fingerprint density at radius 2 is 2.00 bits per heavy atom. The summed E-state index contributed by atoms with van der Waals surface area (Å²) in [7, 11) is 0. The third-order valence-electron chi connectivity index (χ3n) is 3.30. The lowest BCUT2D eigenvalue weighted by Gasteiger charge is -2.10. The Morgan fingerprint density at radius 3 is 2.80 bits per heavy atom. The summed E-state index contributed by atoms with van der Waals surface area (Å²) in [5, 5.41) is 0.408. The van der Waals surface area contributed by atoms with Crippen LogP contribution in [0, 0.1) is 0 Å². The van der Waals surface area contributed by atoms with Gasteiger partial charge in [-0.15, -0.1) is 0 Å². The van der Waals surface area contributed by atoms with Crippen molar-refractivity contribution in [3.8, 4) is 11.5 Å². The molecule has 0 bridgehead atoms. The van der Waals surface area contributed by atoms with Gasteiger partial charge in [0.1, 0.15) is 0 Å². The van der Waals surface area contributed by atoms with E-state index in [9.17, 15) is 9.59 Å². The van der Waals surface area contributed by atoms with E-state index in [2.05, 4.69) is 10.9 Å². The highest BCUT2D eigenvalue weighted by Crippen LogP contribution is 2.38. The second-order valence-corrected chi connectivity index (χ2v) is 5.54. The van der Waals surface area contributed by atoms with Gasteiger partial charge < -0.3 is 13.9 Å². The molecule has 0 fully saturated rings. The first-order valence-electron chi connectivity index (χ1n) is 7.54. The summed E-state index contributed by atoms with van der Waals surface area (Å²) in [6.45, 7) is 1.08. The van der Waals surface area contributed by atoms with Crippen molar-refractivity contribution in [1.82, 2.24) is 10.9 Å². The summed E-state index contributed by atoms with van der Waals surface area (Å²) >= 11 is 6.19. The van der Waals surface area contributed by atoms with E-state index in [1.165, 1.54) is 18.4 Å². The molecule has 8 heteroatoms. The van der Waals surface area contributed by atoms with Crippen LogP contribution in [-0.4, -0.2) is 25.0 Å². The van der Waals surface area contributed by atoms with Crippen LogP contribution < -0.4 is 20.3 Å². The summed E-state index contributed by atoms with van der Waals surface area (Å²) in [6.07, 6.45) is 4.95. The maximum atomic E-state index is 11.8. The molecule has 2 aromatic rings.